The van der Waals surface area contributed by atoms with Crippen LogP contribution in [-0.4, -0.2) is 33.7 Å². The first-order chi connectivity index (χ1) is 15.8. The van der Waals surface area contributed by atoms with Gasteiger partial charge in [0.25, 0.3) is 0 Å². The summed E-state index contributed by atoms with van der Waals surface area (Å²) < 4.78 is 31.9. The molecule has 0 aliphatic heterocycles. The summed E-state index contributed by atoms with van der Waals surface area (Å²) in [5, 5.41) is 3.14. The maximum Gasteiger partial charge on any atom is 0.232 e. The minimum atomic E-state index is -3.51. The van der Waals surface area contributed by atoms with Crippen LogP contribution in [0.3, 0.4) is 0 Å². The molecule has 2 aromatic carbocycles. The van der Waals surface area contributed by atoms with Gasteiger partial charge >= 0.3 is 0 Å². The van der Waals surface area contributed by atoms with Crippen LogP contribution < -0.4 is 14.4 Å². The molecule has 1 aliphatic rings. The smallest absolute Gasteiger partial charge is 0.232 e. The molecule has 0 saturated carbocycles. The predicted octanol–water partition coefficient (Wildman–Crippen LogP) is 4.78. The Morgan fingerprint density at radius 2 is 1.82 bits per heavy atom. The van der Waals surface area contributed by atoms with E-state index >= 15 is 0 Å². The summed E-state index contributed by atoms with van der Waals surface area (Å²) in [6.45, 7) is 4.59. The number of aryl methyl sites for hydroxylation is 2. The van der Waals surface area contributed by atoms with Crippen LogP contribution in [0, 0.1) is 0 Å². The zero-order chi connectivity index (χ0) is 23.8. The number of benzene rings is 2. The Labute approximate surface area is 198 Å². The highest BCUT2D eigenvalue weighted by molar-refractivity contribution is 7.92. The fourth-order valence-electron chi connectivity index (χ4n) is 4.45. The summed E-state index contributed by atoms with van der Waals surface area (Å²) in [6, 6.07) is 13.6. The van der Waals surface area contributed by atoms with Crippen molar-refractivity contribution in [3.05, 3.63) is 59.2 Å². The molecule has 0 bridgehead atoms. The van der Waals surface area contributed by atoms with Crippen molar-refractivity contribution in [2.75, 3.05) is 23.7 Å². The molecule has 1 unspecified atom stereocenters. The lowest BCUT2D eigenvalue weighted by atomic mass is 9.89. The molecule has 0 spiro atoms. The molecule has 180 valence electrons. The van der Waals surface area contributed by atoms with E-state index in [4.69, 9.17) is 4.74 Å². The number of amides is 1. The minimum absolute atomic E-state index is 0.0329. The Balaban J connectivity index is 1.62. The van der Waals surface area contributed by atoms with E-state index in [0.717, 1.165) is 24.8 Å². The SMILES string of the molecule is CCOc1ccccc1N(CCCC(=O)NC(CC)c1ccc2c(c1)CCCC2)S(C)(=O)=O. The summed E-state index contributed by atoms with van der Waals surface area (Å²) in [5.41, 5.74) is 4.49. The van der Waals surface area contributed by atoms with Crippen molar-refractivity contribution in [1.29, 1.82) is 0 Å². The first-order valence-electron chi connectivity index (χ1n) is 11.9. The number of sulfonamides is 1. The van der Waals surface area contributed by atoms with Crippen LogP contribution >= 0.6 is 0 Å². The molecule has 7 heteroatoms. The zero-order valence-corrected chi connectivity index (χ0v) is 20.8. The van der Waals surface area contributed by atoms with Crippen molar-refractivity contribution in [3.63, 3.8) is 0 Å². The molecule has 1 aliphatic carbocycles. The molecule has 3 rings (SSSR count). The van der Waals surface area contributed by atoms with E-state index in [1.54, 1.807) is 18.2 Å². The van der Waals surface area contributed by atoms with Gasteiger partial charge in [-0.05, 0) is 74.3 Å². The van der Waals surface area contributed by atoms with Gasteiger partial charge in [-0.1, -0.05) is 37.3 Å². The number of hydrogen-bond acceptors (Lipinski definition) is 4. The number of anilines is 1. The molecule has 1 N–H and O–H groups in total. The van der Waals surface area contributed by atoms with E-state index in [9.17, 15) is 13.2 Å². The first-order valence-corrected chi connectivity index (χ1v) is 13.8. The summed E-state index contributed by atoms with van der Waals surface area (Å²) in [6.07, 6.45) is 7.38. The molecule has 6 nitrogen and oxygen atoms in total. The normalized spacial score (nSPS) is 14.3. The highest BCUT2D eigenvalue weighted by Crippen LogP contribution is 2.30. The monoisotopic (exact) mass is 472 g/mol. The van der Waals surface area contributed by atoms with Gasteiger partial charge in [0.2, 0.25) is 15.9 Å². The molecule has 0 aromatic heterocycles. The summed E-state index contributed by atoms with van der Waals surface area (Å²) in [7, 11) is -3.51. The summed E-state index contributed by atoms with van der Waals surface area (Å²) in [4.78, 5) is 12.7. The van der Waals surface area contributed by atoms with E-state index in [-0.39, 0.29) is 24.9 Å². The highest BCUT2D eigenvalue weighted by Gasteiger charge is 2.22. The van der Waals surface area contributed by atoms with Gasteiger partial charge in [0.05, 0.1) is 24.6 Å². The molecule has 0 heterocycles. The third-order valence-electron chi connectivity index (χ3n) is 6.12. The van der Waals surface area contributed by atoms with Gasteiger partial charge in [-0.3, -0.25) is 9.10 Å². The first kappa shape index (κ1) is 25.1. The largest absolute Gasteiger partial charge is 0.492 e. The Bertz CT molecular complexity index is 1050. The standard InChI is InChI=1S/C26H36N2O4S/c1-4-23(22-17-16-20-11-6-7-12-21(20)19-22)27-26(29)15-10-18-28(33(3,30)31)24-13-8-9-14-25(24)32-5-2/h8-9,13-14,16-17,19,23H,4-7,10-12,15,18H2,1-3H3,(H,27,29). The van der Waals surface area contributed by atoms with Gasteiger partial charge < -0.3 is 10.1 Å². The van der Waals surface area contributed by atoms with Gasteiger partial charge in [0.15, 0.2) is 0 Å². The highest BCUT2D eigenvalue weighted by atomic mass is 32.2. The molecule has 2 aromatic rings. The van der Waals surface area contributed by atoms with Crippen LogP contribution in [0.5, 0.6) is 5.75 Å². The number of carbonyl (C=O) groups excluding carboxylic acids is 1. The second kappa shape index (κ2) is 11.5. The zero-order valence-electron chi connectivity index (χ0n) is 20.0. The van der Waals surface area contributed by atoms with Gasteiger partial charge in [-0.15, -0.1) is 0 Å². The second-order valence-corrected chi connectivity index (χ2v) is 10.5. The van der Waals surface area contributed by atoms with Crippen molar-refractivity contribution < 1.29 is 17.9 Å². The topological polar surface area (TPSA) is 75.7 Å². The average molecular weight is 473 g/mol. The Morgan fingerprint density at radius 1 is 1.09 bits per heavy atom. The number of carbonyl (C=O) groups is 1. The fraction of sp³-hybridized carbons (Fsp3) is 0.500. The van der Waals surface area contributed by atoms with Crippen LogP contribution in [0.15, 0.2) is 42.5 Å². The Kier molecular flexibility index (Phi) is 8.78. The van der Waals surface area contributed by atoms with E-state index in [1.165, 1.54) is 34.5 Å². The Hall–Kier alpha value is -2.54. The van der Waals surface area contributed by atoms with Crippen LogP contribution in [-0.2, 0) is 27.7 Å². The molecule has 33 heavy (non-hydrogen) atoms. The van der Waals surface area contributed by atoms with E-state index in [1.807, 2.05) is 13.0 Å². The molecule has 1 atom stereocenters. The number of ether oxygens (including phenoxy) is 1. The lowest BCUT2D eigenvalue weighted by Gasteiger charge is -2.25. The minimum Gasteiger partial charge on any atom is -0.492 e. The van der Waals surface area contributed by atoms with Crippen LogP contribution in [0.1, 0.15) is 68.7 Å². The molecule has 0 fully saturated rings. The molecule has 0 saturated heterocycles. The van der Waals surface area contributed by atoms with Gasteiger partial charge in [0, 0.05) is 13.0 Å². The van der Waals surface area contributed by atoms with E-state index in [0.29, 0.717) is 24.5 Å². The van der Waals surface area contributed by atoms with Crippen LogP contribution in [0.4, 0.5) is 5.69 Å². The van der Waals surface area contributed by atoms with Crippen molar-refractivity contribution in [2.24, 2.45) is 0 Å². The lowest BCUT2D eigenvalue weighted by molar-refractivity contribution is -0.121. The Morgan fingerprint density at radius 3 is 2.52 bits per heavy atom. The quantitative estimate of drug-likeness (QED) is 0.511. The average Bonchev–Trinajstić information content (AvgIpc) is 2.80. The van der Waals surface area contributed by atoms with Gasteiger partial charge in [-0.2, -0.15) is 0 Å². The molecular formula is C26H36N2O4S. The number of para-hydroxylation sites is 2. The number of hydrogen-bond donors (Lipinski definition) is 1. The number of fused-ring (bicyclic) bond motifs is 1. The van der Waals surface area contributed by atoms with Crippen molar-refractivity contribution in [1.82, 2.24) is 5.32 Å². The predicted molar refractivity (Wildman–Crippen MR) is 133 cm³/mol. The molecular weight excluding hydrogens is 436 g/mol. The van der Waals surface area contributed by atoms with Crippen molar-refractivity contribution >= 4 is 21.6 Å². The molecule has 1 amide bonds. The van der Waals surface area contributed by atoms with Gasteiger partial charge in [-0.25, -0.2) is 8.42 Å². The third kappa shape index (κ3) is 6.73. The third-order valence-corrected chi connectivity index (χ3v) is 7.30. The van der Waals surface area contributed by atoms with Crippen molar-refractivity contribution in [2.45, 2.75) is 64.8 Å². The number of nitrogens with zero attached hydrogens (tertiary/aromatic N) is 1. The number of rotatable bonds is 11. The van der Waals surface area contributed by atoms with Crippen LogP contribution in [0.2, 0.25) is 0 Å². The lowest BCUT2D eigenvalue weighted by Crippen LogP contribution is -2.33. The van der Waals surface area contributed by atoms with E-state index in [2.05, 4.69) is 30.4 Å². The van der Waals surface area contributed by atoms with Crippen molar-refractivity contribution in [3.8, 4) is 5.75 Å². The maximum atomic E-state index is 12.7. The second-order valence-electron chi connectivity index (χ2n) is 8.60. The maximum absolute atomic E-state index is 12.7. The molecule has 0 radical (unpaired) electrons. The number of nitrogens with one attached hydrogen (secondary N) is 1. The van der Waals surface area contributed by atoms with Crippen LogP contribution in [0.25, 0.3) is 0 Å². The van der Waals surface area contributed by atoms with Gasteiger partial charge in [0.1, 0.15) is 5.75 Å². The summed E-state index contributed by atoms with van der Waals surface area (Å²) >= 11 is 0. The summed E-state index contributed by atoms with van der Waals surface area (Å²) in [5.74, 6) is 0.458. The van der Waals surface area contributed by atoms with E-state index < -0.39 is 10.0 Å². The fourth-order valence-corrected chi connectivity index (χ4v) is 5.42.